The van der Waals surface area contributed by atoms with Crippen molar-refractivity contribution in [1.29, 1.82) is 0 Å². The number of rotatable bonds is 2. The lowest BCUT2D eigenvalue weighted by Crippen LogP contribution is -2.49. The van der Waals surface area contributed by atoms with Crippen molar-refractivity contribution in [2.45, 2.75) is 19.9 Å². The van der Waals surface area contributed by atoms with E-state index in [9.17, 15) is 4.79 Å². The fraction of sp³-hybridized carbons (Fsp3) is 0.583. The van der Waals surface area contributed by atoms with Gasteiger partial charge in [0.2, 0.25) is 5.95 Å². The number of piperazine rings is 1. The third-order valence-electron chi connectivity index (χ3n) is 3.65. The van der Waals surface area contributed by atoms with Gasteiger partial charge in [0.1, 0.15) is 5.39 Å². The molecule has 0 spiro atoms. The maximum absolute atomic E-state index is 11.9. The van der Waals surface area contributed by atoms with Gasteiger partial charge in [-0.15, -0.1) is 0 Å². The van der Waals surface area contributed by atoms with Gasteiger partial charge in [-0.1, -0.05) is 0 Å². The predicted octanol–water partition coefficient (Wildman–Crippen LogP) is 0.177. The van der Waals surface area contributed by atoms with Gasteiger partial charge in [0.05, 0.1) is 6.20 Å². The molecule has 2 aromatic heterocycles. The van der Waals surface area contributed by atoms with E-state index < -0.39 is 0 Å². The summed E-state index contributed by atoms with van der Waals surface area (Å²) in [5.74, 6) is 0.630. The number of nitrogens with zero attached hydrogens (tertiary/aromatic N) is 4. The van der Waals surface area contributed by atoms with E-state index in [2.05, 4.69) is 43.8 Å². The Hall–Kier alpha value is -1.89. The molecule has 2 aromatic rings. The van der Waals surface area contributed by atoms with Crippen LogP contribution in [0, 0.1) is 0 Å². The van der Waals surface area contributed by atoms with Gasteiger partial charge in [0.15, 0.2) is 5.65 Å². The molecule has 2 N–H and O–H groups in total. The highest BCUT2D eigenvalue weighted by Crippen LogP contribution is 2.13. The van der Waals surface area contributed by atoms with Crippen molar-refractivity contribution in [3.8, 4) is 0 Å². The summed E-state index contributed by atoms with van der Waals surface area (Å²) in [6, 6.07) is 0.559. The zero-order chi connectivity index (χ0) is 13.4. The summed E-state index contributed by atoms with van der Waals surface area (Å²) in [5.41, 5.74) is 0.407. The fourth-order valence-electron chi connectivity index (χ4n) is 2.43. The van der Waals surface area contributed by atoms with Crippen LogP contribution in [0.5, 0.6) is 0 Å². The van der Waals surface area contributed by atoms with E-state index in [1.165, 1.54) is 6.20 Å². The minimum Gasteiger partial charge on any atom is -0.340 e. The summed E-state index contributed by atoms with van der Waals surface area (Å²) in [6.45, 7) is 8.13. The lowest BCUT2D eigenvalue weighted by atomic mass is 10.2. The summed E-state index contributed by atoms with van der Waals surface area (Å²) in [6.07, 6.45) is 1.50. The Balaban J connectivity index is 1.83. The molecule has 3 rings (SSSR count). The zero-order valence-corrected chi connectivity index (χ0v) is 11.2. The first-order valence-electron chi connectivity index (χ1n) is 6.57. The summed E-state index contributed by atoms with van der Waals surface area (Å²) in [4.78, 5) is 23.7. The van der Waals surface area contributed by atoms with Crippen molar-refractivity contribution < 1.29 is 0 Å². The van der Waals surface area contributed by atoms with Crippen molar-refractivity contribution in [1.82, 2.24) is 25.1 Å². The van der Waals surface area contributed by atoms with E-state index >= 15 is 0 Å². The first-order chi connectivity index (χ1) is 9.15. The van der Waals surface area contributed by atoms with E-state index in [1.807, 2.05) is 0 Å². The molecular formula is C12H18N6O. The molecule has 3 heterocycles. The molecule has 19 heavy (non-hydrogen) atoms. The lowest BCUT2D eigenvalue weighted by Gasteiger charge is -2.37. The van der Waals surface area contributed by atoms with E-state index in [-0.39, 0.29) is 5.56 Å². The van der Waals surface area contributed by atoms with Gasteiger partial charge in [-0.25, -0.2) is 0 Å². The molecule has 0 atom stereocenters. The van der Waals surface area contributed by atoms with Crippen molar-refractivity contribution in [2.24, 2.45) is 0 Å². The number of aromatic nitrogens is 4. The summed E-state index contributed by atoms with van der Waals surface area (Å²) in [7, 11) is 0. The normalized spacial score (nSPS) is 17.5. The van der Waals surface area contributed by atoms with E-state index in [1.54, 1.807) is 0 Å². The highest BCUT2D eigenvalue weighted by Gasteiger charge is 2.21. The van der Waals surface area contributed by atoms with Crippen LogP contribution in [-0.4, -0.2) is 57.3 Å². The van der Waals surface area contributed by atoms with Gasteiger partial charge < -0.3 is 4.90 Å². The summed E-state index contributed by atoms with van der Waals surface area (Å²) < 4.78 is 0. The maximum atomic E-state index is 11.9. The van der Waals surface area contributed by atoms with Crippen molar-refractivity contribution in [2.75, 3.05) is 31.1 Å². The molecule has 0 radical (unpaired) electrons. The van der Waals surface area contributed by atoms with Crippen LogP contribution in [0.1, 0.15) is 13.8 Å². The molecule has 0 amide bonds. The molecule has 1 aliphatic rings. The van der Waals surface area contributed by atoms with Crippen molar-refractivity contribution in [3.63, 3.8) is 0 Å². The Bertz CT molecular complexity index is 622. The lowest BCUT2D eigenvalue weighted by molar-refractivity contribution is 0.208. The molecule has 0 aliphatic carbocycles. The molecule has 0 bridgehead atoms. The number of nitrogens with one attached hydrogen (secondary N) is 2. The van der Waals surface area contributed by atoms with Gasteiger partial charge >= 0.3 is 0 Å². The van der Waals surface area contributed by atoms with Gasteiger partial charge in [-0.05, 0) is 13.8 Å². The highest BCUT2D eigenvalue weighted by atomic mass is 16.1. The van der Waals surface area contributed by atoms with Crippen LogP contribution in [0.15, 0.2) is 11.0 Å². The number of hydrogen-bond donors (Lipinski definition) is 2. The Labute approximate surface area is 110 Å². The molecular weight excluding hydrogens is 244 g/mol. The Morgan fingerprint density at radius 1 is 1.26 bits per heavy atom. The maximum Gasteiger partial charge on any atom is 0.263 e. The minimum atomic E-state index is -0.139. The Morgan fingerprint density at radius 3 is 2.68 bits per heavy atom. The third-order valence-corrected chi connectivity index (χ3v) is 3.65. The van der Waals surface area contributed by atoms with Gasteiger partial charge in [-0.2, -0.15) is 10.1 Å². The van der Waals surface area contributed by atoms with Crippen LogP contribution < -0.4 is 10.5 Å². The molecule has 0 saturated carbocycles. The Kier molecular flexibility index (Phi) is 2.98. The average molecular weight is 262 g/mol. The molecule has 102 valence electrons. The fourth-order valence-corrected chi connectivity index (χ4v) is 2.43. The number of H-pyrrole nitrogens is 2. The molecule has 0 unspecified atom stereocenters. The number of anilines is 1. The van der Waals surface area contributed by atoms with Crippen molar-refractivity contribution in [3.05, 3.63) is 16.6 Å². The van der Waals surface area contributed by atoms with Gasteiger partial charge in [-0.3, -0.25) is 19.8 Å². The van der Waals surface area contributed by atoms with E-state index in [0.717, 1.165) is 26.2 Å². The quantitative estimate of drug-likeness (QED) is 0.806. The van der Waals surface area contributed by atoms with Gasteiger partial charge in [0.25, 0.3) is 5.56 Å². The molecule has 7 heteroatoms. The van der Waals surface area contributed by atoms with Gasteiger partial charge in [0, 0.05) is 32.2 Å². The number of fused-ring (bicyclic) bond motifs is 1. The van der Waals surface area contributed by atoms with Crippen LogP contribution >= 0.6 is 0 Å². The van der Waals surface area contributed by atoms with Crippen LogP contribution in [0.25, 0.3) is 11.0 Å². The molecule has 7 nitrogen and oxygen atoms in total. The van der Waals surface area contributed by atoms with Crippen LogP contribution in [0.3, 0.4) is 0 Å². The second-order valence-electron chi connectivity index (χ2n) is 5.14. The van der Waals surface area contributed by atoms with E-state index in [0.29, 0.717) is 23.0 Å². The predicted molar refractivity (Wildman–Crippen MR) is 73.4 cm³/mol. The average Bonchev–Trinajstić information content (AvgIpc) is 2.87. The molecule has 1 saturated heterocycles. The standard InChI is InChI=1S/C12H18N6O/c1-8(2)17-3-5-18(6-4-17)12-14-10-9(7-13-16-10)11(19)15-12/h7-8H,3-6H2,1-2H3,(H2,13,14,15,16,19). The zero-order valence-electron chi connectivity index (χ0n) is 11.2. The minimum absolute atomic E-state index is 0.139. The Morgan fingerprint density at radius 2 is 2.00 bits per heavy atom. The smallest absolute Gasteiger partial charge is 0.263 e. The number of hydrogen-bond acceptors (Lipinski definition) is 5. The second-order valence-corrected chi connectivity index (χ2v) is 5.14. The third kappa shape index (κ3) is 2.21. The second kappa shape index (κ2) is 4.65. The SMILES string of the molecule is CC(C)N1CCN(c2nc3[nH]ncc3c(=O)[nH]2)CC1. The van der Waals surface area contributed by atoms with Crippen molar-refractivity contribution >= 4 is 17.0 Å². The van der Waals surface area contributed by atoms with Crippen LogP contribution in [-0.2, 0) is 0 Å². The molecule has 0 aromatic carbocycles. The molecule has 1 fully saturated rings. The largest absolute Gasteiger partial charge is 0.340 e. The topological polar surface area (TPSA) is 80.9 Å². The van der Waals surface area contributed by atoms with Crippen LogP contribution in [0.2, 0.25) is 0 Å². The summed E-state index contributed by atoms with van der Waals surface area (Å²) in [5, 5.41) is 7.10. The monoisotopic (exact) mass is 262 g/mol. The summed E-state index contributed by atoms with van der Waals surface area (Å²) >= 11 is 0. The number of aromatic amines is 2. The van der Waals surface area contributed by atoms with Crippen LogP contribution in [0.4, 0.5) is 5.95 Å². The molecule has 1 aliphatic heterocycles. The highest BCUT2D eigenvalue weighted by molar-refractivity contribution is 5.73. The van der Waals surface area contributed by atoms with E-state index in [4.69, 9.17) is 0 Å². The first kappa shape index (κ1) is 12.2. The first-order valence-corrected chi connectivity index (χ1v) is 6.57.